The Morgan fingerprint density at radius 3 is 2.68 bits per heavy atom. The standard InChI is InChI=1S/C18H26F2N2O3/c1-3-5-8-24-14-9-16(19)15(17(20)10-14)12-25-18(23)22-7-6-21-11-13(22)4-2/h9-10,13,21H,3-8,11-12H2,1-2H3. The van der Waals surface area contributed by atoms with E-state index >= 15 is 0 Å². The Morgan fingerprint density at radius 1 is 1.32 bits per heavy atom. The summed E-state index contributed by atoms with van der Waals surface area (Å²) in [4.78, 5) is 13.8. The van der Waals surface area contributed by atoms with Gasteiger partial charge in [-0.3, -0.25) is 0 Å². The average molecular weight is 356 g/mol. The van der Waals surface area contributed by atoms with E-state index < -0.39 is 24.3 Å². The molecule has 7 heteroatoms. The van der Waals surface area contributed by atoms with Gasteiger partial charge >= 0.3 is 6.09 Å². The van der Waals surface area contributed by atoms with Crippen LogP contribution in [0.5, 0.6) is 5.75 Å². The lowest BCUT2D eigenvalue weighted by Gasteiger charge is -2.34. The van der Waals surface area contributed by atoms with Gasteiger partial charge in [0.25, 0.3) is 0 Å². The van der Waals surface area contributed by atoms with Crippen molar-refractivity contribution in [1.82, 2.24) is 10.2 Å². The molecule has 0 radical (unpaired) electrons. The summed E-state index contributed by atoms with van der Waals surface area (Å²) < 4.78 is 38.7. The molecule has 0 saturated carbocycles. The van der Waals surface area contributed by atoms with Crippen molar-refractivity contribution in [2.24, 2.45) is 0 Å². The SMILES string of the molecule is CCCCOc1cc(F)c(COC(=O)N2CCNCC2CC)c(F)c1. The number of carbonyl (C=O) groups excluding carboxylic acids is 1. The van der Waals surface area contributed by atoms with Crippen molar-refractivity contribution in [3.8, 4) is 5.75 Å². The van der Waals surface area contributed by atoms with Gasteiger partial charge in [0.05, 0.1) is 12.2 Å². The third-order valence-corrected chi connectivity index (χ3v) is 4.28. The zero-order valence-electron chi connectivity index (χ0n) is 14.8. The monoisotopic (exact) mass is 356 g/mol. The van der Waals surface area contributed by atoms with Gasteiger partial charge in [0.1, 0.15) is 24.0 Å². The van der Waals surface area contributed by atoms with Gasteiger partial charge < -0.3 is 19.7 Å². The first-order chi connectivity index (χ1) is 12.1. The van der Waals surface area contributed by atoms with Gasteiger partial charge in [-0.1, -0.05) is 20.3 Å². The van der Waals surface area contributed by atoms with Crippen molar-refractivity contribution in [3.05, 3.63) is 29.3 Å². The summed E-state index contributed by atoms with van der Waals surface area (Å²) in [7, 11) is 0. The summed E-state index contributed by atoms with van der Waals surface area (Å²) in [6, 6.07) is 2.29. The molecule has 1 aliphatic rings. The highest BCUT2D eigenvalue weighted by Crippen LogP contribution is 2.22. The van der Waals surface area contributed by atoms with Gasteiger partial charge in [0.2, 0.25) is 0 Å². The number of nitrogens with zero attached hydrogens (tertiary/aromatic N) is 1. The second-order valence-corrected chi connectivity index (χ2v) is 6.08. The molecule has 0 aromatic heterocycles. The average Bonchev–Trinajstić information content (AvgIpc) is 2.61. The zero-order valence-corrected chi connectivity index (χ0v) is 14.8. The summed E-state index contributed by atoms with van der Waals surface area (Å²) in [5.41, 5.74) is -0.264. The van der Waals surface area contributed by atoms with E-state index in [0.29, 0.717) is 26.2 Å². The molecule has 1 heterocycles. The van der Waals surface area contributed by atoms with Gasteiger partial charge in [-0.2, -0.15) is 0 Å². The molecule has 1 fully saturated rings. The Bertz CT molecular complexity index is 560. The van der Waals surface area contributed by atoms with E-state index in [4.69, 9.17) is 9.47 Å². The summed E-state index contributed by atoms with van der Waals surface area (Å²) in [5, 5.41) is 3.21. The molecule has 0 bridgehead atoms. The number of hydrogen-bond donors (Lipinski definition) is 1. The number of halogens is 2. The third-order valence-electron chi connectivity index (χ3n) is 4.28. The van der Waals surface area contributed by atoms with Crippen molar-refractivity contribution in [2.75, 3.05) is 26.2 Å². The van der Waals surface area contributed by atoms with E-state index in [2.05, 4.69) is 5.32 Å². The van der Waals surface area contributed by atoms with Crippen LogP contribution in [0.3, 0.4) is 0 Å². The van der Waals surface area contributed by atoms with Crippen LogP contribution in [0.15, 0.2) is 12.1 Å². The number of rotatable bonds is 7. The second kappa shape index (κ2) is 9.56. The molecule has 1 saturated heterocycles. The fourth-order valence-electron chi connectivity index (χ4n) is 2.72. The molecule has 1 N–H and O–H groups in total. The molecule has 140 valence electrons. The molecule has 5 nitrogen and oxygen atoms in total. The Kier molecular flexibility index (Phi) is 7.43. The van der Waals surface area contributed by atoms with Crippen molar-refractivity contribution in [1.29, 1.82) is 0 Å². The Morgan fingerprint density at radius 2 is 2.04 bits per heavy atom. The van der Waals surface area contributed by atoms with Crippen molar-refractivity contribution >= 4 is 6.09 Å². The maximum absolute atomic E-state index is 14.1. The molecule has 1 atom stereocenters. The predicted octanol–water partition coefficient (Wildman–Crippen LogP) is 3.46. The summed E-state index contributed by atoms with van der Waals surface area (Å²) in [6.45, 7) is 5.85. The van der Waals surface area contributed by atoms with Gasteiger partial charge in [-0.15, -0.1) is 0 Å². The zero-order chi connectivity index (χ0) is 18.2. The van der Waals surface area contributed by atoms with Crippen LogP contribution in [-0.4, -0.2) is 43.3 Å². The smallest absolute Gasteiger partial charge is 0.410 e. The Balaban J connectivity index is 1.96. The number of unbranched alkanes of at least 4 members (excludes halogenated alkanes) is 1. The first-order valence-electron chi connectivity index (χ1n) is 8.81. The molecule has 2 rings (SSSR count). The highest BCUT2D eigenvalue weighted by molar-refractivity contribution is 5.68. The van der Waals surface area contributed by atoms with E-state index in [1.807, 2.05) is 13.8 Å². The molecule has 1 amide bonds. The van der Waals surface area contributed by atoms with Crippen LogP contribution in [0, 0.1) is 11.6 Å². The molecule has 1 aromatic rings. The Labute approximate surface area is 147 Å². The fourth-order valence-corrected chi connectivity index (χ4v) is 2.72. The lowest BCUT2D eigenvalue weighted by molar-refractivity contribution is 0.0699. The maximum Gasteiger partial charge on any atom is 0.410 e. The number of hydrogen-bond acceptors (Lipinski definition) is 4. The first-order valence-corrected chi connectivity index (χ1v) is 8.81. The third kappa shape index (κ3) is 5.29. The molecule has 0 spiro atoms. The molecular formula is C18H26F2N2O3. The lowest BCUT2D eigenvalue weighted by Crippen LogP contribution is -2.53. The predicted molar refractivity (Wildman–Crippen MR) is 90.6 cm³/mol. The van der Waals surface area contributed by atoms with Gasteiger partial charge in [-0.05, 0) is 12.8 Å². The molecule has 1 aliphatic heterocycles. The minimum Gasteiger partial charge on any atom is -0.493 e. The number of benzene rings is 1. The van der Waals surface area contributed by atoms with Gasteiger partial charge in [-0.25, -0.2) is 13.6 Å². The number of nitrogens with one attached hydrogen (secondary N) is 1. The van der Waals surface area contributed by atoms with Crippen LogP contribution in [0.1, 0.15) is 38.7 Å². The first kappa shape index (κ1) is 19.4. The lowest BCUT2D eigenvalue weighted by atomic mass is 10.1. The Hall–Kier alpha value is -1.89. The van der Waals surface area contributed by atoms with Gasteiger partial charge in [0, 0.05) is 37.8 Å². The quantitative estimate of drug-likeness (QED) is 0.760. The number of ether oxygens (including phenoxy) is 2. The van der Waals surface area contributed by atoms with Crippen molar-refractivity contribution in [3.63, 3.8) is 0 Å². The molecular weight excluding hydrogens is 330 g/mol. The van der Waals surface area contributed by atoms with Crippen molar-refractivity contribution in [2.45, 2.75) is 45.8 Å². The van der Waals surface area contributed by atoms with Crippen LogP contribution >= 0.6 is 0 Å². The topological polar surface area (TPSA) is 50.8 Å². The fraction of sp³-hybridized carbons (Fsp3) is 0.611. The number of piperazine rings is 1. The van der Waals surface area contributed by atoms with Crippen LogP contribution in [0.4, 0.5) is 13.6 Å². The summed E-state index contributed by atoms with van der Waals surface area (Å²) >= 11 is 0. The van der Waals surface area contributed by atoms with E-state index in [0.717, 1.165) is 31.4 Å². The number of amides is 1. The van der Waals surface area contributed by atoms with E-state index in [9.17, 15) is 13.6 Å². The minimum absolute atomic E-state index is 0.0327. The largest absolute Gasteiger partial charge is 0.493 e. The van der Waals surface area contributed by atoms with E-state index in [-0.39, 0.29) is 17.4 Å². The van der Waals surface area contributed by atoms with E-state index in [1.54, 1.807) is 4.90 Å². The van der Waals surface area contributed by atoms with E-state index in [1.165, 1.54) is 0 Å². The molecule has 1 unspecified atom stereocenters. The van der Waals surface area contributed by atoms with Crippen LogP contribution in [-0.2, 0) is 11.3 Å². The minimum atomic E-state index is -0.772. The molecule has 1 aromatic carbocycles. The second-order valence-electron chi connectivity index (χ2n) is 6.08. The number of carbonyl (C=O) groups is 1. The van der Waals surface area contributed by atoms with Crippen LogP contribution in [0.25, 0.3) is 0 Å². The van der Waals surface area contributed by atoms with Gasteiger partial charge in [0.15, 0.2) is 0 Å². The van der Waals surface area contributed by atoms with Crippen molar-refractivity contribution < 1.29 is 23.0 Å². The maximum atomic E-state index is 14.1. The molecule has 0 aliphatic carbocycles. The normalized spacial score (nSPS) is 17.4. The summed E-state index contributed by atoms with van der Waals surface area (Å²) in [5.74, 6) is -1.40. The molecule has 25 heavy (non-hydrogen) atoms. The van der Waals surface area contributed by atoms with Crippen LogP contribution < -0.4 is 10.1 Å². The van der Waals surface area contributed by atoms with Crippen LogP contribution in [0.2, 0.25) is 0 Å². The summed E-state index contributed by atoms with van der Waals surface area (Å²) in [6.07, 6.45) is 1.99. The highest BCUT2D eigenvalue weighted by atomic mass is 19.1. The highest BCUT2D eigenvalue weighted by Gasteiger charge is 2.26.